The molecule has 1 unspecified atom stereocenters. The van der Waals surface area contributed by atoms with Crippen LogP contribution in [0.3, 0.4) is 0 Å². The van der Waals surface area contributed by atoms with E-state index >= 15 is 0 Å². The van der Waals surface area contributed by atoms with Crippen molar-refractivity contribution in [3.8, 4) is 11.3 Å². The number of rotatable bonds is 4. The van der Waals surface area contributed by atoms with Crippen molar-refractivity contribution in [3.05, 3.63) is 40.5 Å². The molecule has 2 rings (SSSR count). The molecule has 9 heteroatoms. The average Bonchev–Trinajstić information content (AvgIpc) is 3.05. The van der Waals surface area contributed by atoms with E-state index < -0.39 is 24.0 Å². The van der Waals surface area contributed by atoms with E-state index in [0.29, 0.717) is 5.69 Å². The third kappa shape index (κ3) is 4.42. The highest BCUT2D eigenvalue weighted by molar-refractivity contribution is 9.10. The summed E-state index contributed by atoms with van der Waals surface area (Å²) in [5, 5.41) is 10.9. The summed E-state index contributed by atoms with van der Waals surface area (Å²) in [7, 11) is 1.37. The fraction of sp³-hybridized carbons (Fsp3) is 0.200. The van der Waals surface area contributed by atoms with Crippen molar-refractivity contribution in [2.24, 2.45) is 0 Å². The summed E-state index contributed by atoms with van der Waals surface area (Å²) in [6, 6.07) is 8.24. The number of nitrogens with zero attached hydrogens (tertiary/aromatic N) is 1. The summed E-state index contributed by atoms with van der Waals surface area (Å²) in [5.41, 5.74) is 1.49. The molecular weight excluding hydrogens is 380 g/mol. The van der Waals surface area contributed by atoms with Gasteiger partial charge in [0.25, 0.3) is 5.91 Å². The van der Waals surface area contributed by atoms with Crippen molar-refractivity contribution in [1.29, 1.82) is 0 Å². The predicted octanol–water partition coefficient (Wildman–Crippen LogP) is 1.84. The number of aromatic amines is 1. The zero-order chi connectivity index (χ0) is 17.7. The number of aromatic nitrogens is 2. The lowest BCUT2D eigenvalue weighted by Gasteiger charge is -2.11. The Morgan fingerprint density at radius 1 is 1.25 bits per heavy atom. The number of H-pyrrole nitrogens is 1. The number of benzene rings is 1. The number of hydrogen-bond donors (Lipinski definition) is 3. The zero-order valence-electron chi connectivity index (χ0n) is 12.9. The molecule has 0 aliphatic rings. The van der Waals surface area contributed by atoms with Crippen LogP contribution in [0.5, 0.6) is 0 Å². The second-order valence-corrected chi connectivity index (χ2v) is 5.71. The van der Waals surface area contributed by atoms with Crippen LogP contribution in [-0.4, -0.2) is 41.3 Å². The lowest BCUT2D eigenvalue weighted by Crippen LogP contribution is -2.43. The van der Waals surface area contributed by atoms with Gasteiger partial charge < -0.3 is 10.1 Å². The molecule has 0 fully saturated rings. The maximum atomic E-state index is 12.0. The van der Waals surface area contributed by atoms with Crippen LogP contribution in [0.4, 0.5) is 4.79 Å². The van der Waals surface area contributed by atoms with Gasteiger partial charge in [0.2, 0.25) is 0 Å². The lowest BCUT2D eigenvalue weighted by atomic mass is 10.1. The van der Waals surface area contributed by atoms with E-state index in [0.717, 1.165) is 10.0 Å². The Bertz CT molecular complexity index is 757. The molecule has 0 spiro atoms. The van der Waals surface area contributed by atoms with Gasteiger partial charge in [-0.1, -0.05) is 28.1 Å². The van der Waals surface area contributed by atoms with Crippen LogP contribution >= 0.6 is 15.9 Å². The van der Waals surface area contributed by atoms with E-state index in [1.165, 1.54) is 20.0 Å². The van der Waals surface area contributed by atoms with Gasteiger partial charge in [-0.25, -0.2) is 9.59 Å². The predicted molar refractivity (Wildman–Crippen MR) is 89.2 cm³/mol. The van der Waals surface area contributed by atoms with Crippen molar-refractivity contribution < 1.29 is 19.1 Å². The Labute approximate surface area is 146 Å². The van der Waals surface area contributed by atoms with Gasteiger partial charge in [0.05, 0.1) is 5.69 Å². The molecule has 2 aromatic rings. The highest BCUT2D eigenvalue weighted by Crippen LogP contribution is 2.20. The topological polar surface area (TPSA) is 113 Å². The number of nitrogens with one attached hydrogen (secondary N) is 3. The highest BCUT2D eigenvalue weighted by Gasteiger charge is 2.21. The number of carbonyl (C=O) groups is 3. The molecule has 0 bridgehead atoms. The van der Waals surface area contributed by atoms with Gasteiger partial charge in [0.1, 0.15) is 5.69 Å². The first-order valence-electron chi connectivity index (χ1n) is 6.95. The molecule has 1 aromatic heterocycles. The van der Waals surface area contributed by atoms with Crippen LogP contribution in [0.1, 0.15) is 17.4 Å². The van der Waals surface area contributed by atoms with Gasteiger partial charge in [-0.2, -0.15) is 5.10 Å². The number of ether oxygens (including phenoxy) is 1. The molecule has 0 aliphatic carbocycles. The molecule has 8 nitrogen and oxygen atoms in total. The molecule has 0 aliphatic heterocycles. The third-order valence-electron chi connectivity index (χ3n) is 3.05. The van der Waals surface area contributed by atoms with Crippen molar-refractivity contribution in [3.63, 3.8) is 0 Å². The first-order chi connectivity index (χ1) is 11.4. The number of esters is 1. The van der Waals surface area contributed by atoms with Crippen LogP contribution in [0, 0.1) is 0 Å². The first kappa shape index (κ1) is 17.7. The Balaban J connectivity index is 2.02. The fourth-order valence-electron chi connectivity index (χ4n) is 1.75. The molecule has 3 amide bonds. The molecule has 126 valence electrons. The molecule has 24 heavy (non-hydrogen) atoms. The van der Waals surface area contributed by atoms with Gasteiger partial charge in [-0.05, 0) is 25.1 Å². The average molecular weight is 395 g/mol. The standard InChI is InChI=1S/C15H15BrN4O4/c1-8(13(21)18-15(23)17-2)24-14(22)12-7-11(19-20-12)9-3-5-10(16)6-4-9/h3-8H,1-2H3,(H,19,20)(H2,17,18,21,23). The fourth-order valence-corrected chi connectivity index (χ4v) is 2.01. The third-order valence-corrected chi connectivity index (χ3v) is 3.58. The second-order valence-electron chi connectivity index (χ2n) is 4.79. The largest absolute Gasteiger partial charge is 0.448 e. The minimum atomic E-state index is -1.13. The summed E-state index contributed by atoms with van der Waals surface area (Å²) in [6.07, 6.45) is -1.13. The van der Waals surface area contributed by atoms with E-state index in [4.69, 9.17) is 4.74 Å². The van der Waals surface area contributed by atoms with Crippen LogP contribution in [0.2, 0.25) is 0 Å². The van der Waals surface area contributed by atoms with Crippen molar-refractivity contribution in [1.82, 2.24) is 20.8 Å². The van der Waals surface area contributed by atoms with Crippen molar-refractivity contribution in [2.45, 2.75) is 13.0 Å². The van der Waals surface area contributed by atoms with Crippen molar-refractivity contribution in [2.75, 3.05) is 7.05 Å². The van der Waals surface area contributed by atoms with Gasteiger partial charge in [-0.3, -0.25) is 15.2 Å². The van der Waals surface area contributed by atoms with E-state index in [2.05, 4.69) is 31.4 Å². The normalized spacial score (nSPS) is 11.5. The Hall–Kier alpha value is -2.68. The summed E-state index contributed by atoms with van der Waals surface area (Å²) < 4.78 is 5.93. The zero-order valence-corrected chi connectivity index (χ0v) is 14.5. The number of urea groups is 1. The van der Waals surface area contributed by atoms with E-state index in [1.807, 2.05) is 29.6 Å². The van der Waals surface area contributed by atoms with Crippen LogP contribution in [0.25, 0.3) is 11.3 Å². The molecule has 0 saturated heterocycles. The number of amides is 3. The number of hydrogen-bond acceptors (Lipinski definition) is 5. The highest BCUT2D eigenvalue weighted by atomic mass is 79.9. The maximum absolute atomic E-state index is 12.0. The second kappa shape index (κ2) is 7.73. The number of imide groups is 1. The minimum absolute atomic E-state index is 0.104. The van der Waals surface area contributed by atoms with Gasteiger partial charge in [0, 0.05) is 17.1 Å². The molecule has 0 radical (unpaired) electrons. The molecular formula is C15H15BrN4O4. The SMILES string of the molecule is CNC(=O)NC(=O)C(C)OC(=O)c1cc(-c2ccc(Br)cc2)n[nH]1. The summed E-state index contributed by atoms with van der Waals surface area (Å²) in [5.74, 6) is -1.47. The lowest BCUT2D eigenvalue weighted by molar-refractivity contribution is -0.127. The van der Waals surface area contributed by atoms with Crippen molar-refractivity contribution >= 4 is 33.8 Å². The summed E-state index contributed by atoms with van der Waals surface area (Å²) in [4.78, 5) is 34.8. The minimum Gasteiger partial charge on any atom is -0.448 e. The van der Waals surface area contributed by atoms with Gasteiger partial charge >= 0.3 is 12.0 Å². The van der Waals surface area contributed by atoms with Gasteiger partial charge in [0.15, 0.2) is 6.10 Å². The monoisotopic (exact) mass is 394 g/mol. The van der Waals surface area contributed by atoms with Crippen LogP contribution < -0.4 is 10.6 Å². The number of carbonyl (C=O) groups excluding carboxylic acids is 3. The van der Waals surface area contributed by atoms with E-state index in [-0.39, 0.29) is 5.69 Å². The van der Waals surface area contributed by atoms with E-state index in [9.17, 15) is 14.4 Å². The number of halogens is 1. The van der Waals surface area contributed by atoms with Crippen LogP contribution in [0.15, 0.2) is 34.8 Å². The molecule has 1 aromatic carbocycles. The van der Waals surface area contributed by atoms with Crippen LogP contribution in [-0.2, 0) is 9.53 Å². The van der Waals surface area contributed by atoms with E-state index in [1.54, 1.807) is 0 Å². The molecule has 0 saturated carbocycles. The molecule has 1 atom stereocenters. The molecule has 3 N–H and O–H groups in total. The Kier molecular flexibility index (Phi) is 5.69. The maximum Gasteiger partial charge on any atom is 0.357 e. The quantitative estimate of drug-likeness (QED) is 0.684. The smallest absolute Gasteiger partial charge is 0.357 e. The first-order valence-corrected chi connectivity index (χ1v) is 7.75. The molecule has 1 heterocycles. The summed E-state index contributed by atoms with van der Waals surface area (Å²) >= 11 is 3.34. The summed E-state index contributed by atoms with van der Waals surface area (Å²) in [6.45, 7) is 1.36. The Morgan fingerprint density at radius 3 is 2.54 bits per heavy atom. The van der Waals surface area contributed by atoms with Gasteiger partial charge in [-0.15, -0.1) is 0 Å². The Morgan fingerprint density at radius 2 is 1.92 bits per heavy atom.